The van der Waals surface area contributed by atoms with Gasteiger partial charge in [-0.2, -0.15) is 0 Å². The Morgan fingerprint density at radius 2 is 2.04 bits per heavy atom. The molecule has 0 spiro atoms. The molecule has 2 bridgehead atoms. The Bertz CT molecular complexity index is 1060. The highest BCUT2D eigenvalue weighted by Crippen LogP contribution is 2.61. The van der Waals surface area contributed by atoms with Crippen molar-refractivity contribution in [3.63, 3.8) is 0 Å². The fraction of sp³-hybridized carbons (Fsp3) is 0.455. The van der Waals surface area contributed by atoms with Gasteiger partial charge in [0.25, 0.3) is 0 Å². The van der Waals surface area contributed by atoms with Gasteiger partial charge in [0.2, 0.25) is 0 Å². The maximum Gasteiger partial charge on any atom is 0.157 e. The zero-order valence-corrected chi connectivity index (χ0v) is 15.6. The largest absolute Gasteiger partial charge is 0.384 e. The average molecular weight is 349 g/mol. The van der Waals surface area contributed by atoms with Crippen LogP contribution in [0.4, 0.5) is 0 Å². The molecule has 1 saturated carbocycles. The van der Waals surface area contributed by atoms with Gasteiger partial charge in [-0.25, -0.2) is 0 Å². The number of aliphatic hydroxyl groups is 1. The van der Waals surface area contributed by atoms with Crippen molar-refractivity contribution < 1.29 is 14.7 Å². The number of aromatic nitrogens is 1. The molecule has 3 aliphatic carbocycles. The molecule has 26 heavy (non-hydrogen) atoms. The predicted octanol–water partition coefficient (Wildman–Crippen LogP) is 2.73. The average Bonchev–Trinajstić information content (AvgIpc) is 3.01. The quantitative estimate of drug-likeness (QED) is 0.489. The predicted molar refractivity (Wildman–Crippen MR) is 99.2 cm³/mol. The molecule has 1 heterocycles. The summed E-state index contributed by atoms with van der Waals surface area (Å²) in [7, 11) is 2.00. The third kappa shape index (κ3) is 1.38. The molecular formula is C22H23NO3. The Balaban J connectivity index is 2.11. The summed E-state index contributed by atoms with van der Waals surface area (Å²) in [5.41, 5.74) is 1.16. The minimum Gasteiger partial charge on any atom is -0.384 e. The molecular weight excluding hydrogens is 326 g/mol. The van der Waals surface area contributed by atoms with Crippen LogP contribution in [-0.2, 0) is 33.9 Å². The Hall–Kier alpha value is -2.20. The Morgan fingerprint density at radius 1 is 1.31 bits per heavy atom. The van der Waals surface area contributed by atoms with Crippen molar-refractivity contribution in [2.75, 3.05) is 0 Å². The molecule has 0 unspecified atom stereocenters. The van der Waals surface area contributed by atoms with Gasteiger partial charge >= 0.3 is 0 Å². The monoisotopic (exact) mass is 349 g/mol. The van der Waals surface area contributed by atoms with Gasteiger partial charge in [-0.15, -0.1) is 0 Å². The standard InChI is InChI=1S/C22H23NO3/c1-12-5-6-13-7-8-16-17-15(10-23(16)4)20(2,3)14-9-22(12,26)21(11-24,18(13)17)19(14)25/h5,7-8,10-11,14,26H,6,9H2,1-4H3/t14-,21-,22+/m0/s1. The van der Waals surface area contributed by atoms with E-state index in [2.05, 4.69) is 30.7 Å². The van der Waals surface area contributed by atoms with Crippen LogP contribution in [0.25, 0.3) is 10.9 Å². The molecule has 2 aromatic rings. The summed E-state index contributed by atoms with van der Waals surface area (Å²) in [5, 5.41) is 12.8. The van der Waals surface area contributed by atoms with Crippen molar-refractivity contribution in [3.05, 3.63) is 46.7 Å². The third-order valence-electron chi connectivity index (χ3n) is 7.52. The molecule has 5 rings (SSSR count). The van der Waals surface area contributed by atoms with Crippen molar-refractivity contribution in [2.24, 2.45) is 13.0 Å². The Labute approximate surface area is 152 Å². The number of carbonyl (C=O) groups excluding carboxylic acids is 2. The maximum absolute atomic E-state index is 13.7. The second-order valence-electron chi connectivity index (χ2n) is 8.87. The topological polar surface area (TPSA) is 59.3 Å². The van der Waals surface area contributed by atoms with Gasteiger partial charge in [0, 0.05) is 35.5 Å². The number of allylic oxidation sites excluding steroid dienone is 1. The van der Waals surface area contributed by atoms with Crippen LogP contribution in [-0.4, -0.2) is 27.3 Å². The zero-order chi connectivity index (χ0) is 18.6. The van der Waals surface area contributed by atoms with Gasteiger partial charge in [-0.1, -0.05) is 26.0 Å². The van der Waals surface area contributed by atoms with Crippen LogP contribution in [0, 0.1) is 5.92 Å². The molecule has 4 nitrogen and oxygen atoms in total. The minimum atomic E-state index is -1.51. The van der Waals surface area contributed by atoms with E-state index in [1.54, 1.807) is 0 Å². The summed E-state index contributed by atoms with van der Waals surface area (Å²) in [6.07, 6.45) is 5.76. The molecule has 1 aromatic carbocycles. The van der Waals surface area contributed by atoms with E-state index in [1.807, 2.05) is 26.1 Å². The van der Waals surface area contributed by atoms with Gasteiger partial charge in [0.05, 0.1) is 0 Å². The first-order valence-electron chi connectivity index (χ1n) is 9.22. The molecule has 0 saturated heterocycles. The van der Waals surface area contributed by atoms with Gasteiger partial charge < -0.3 is 14.5 Å². The van der Waals surface area contributed by atoms with Gasteiger partial charge in [0.1, 0.15) is 17.3 Å². The first-order chi connectivity index (χ1) is 12.2. The molecule has 1 aromatic heterocycles. The smallest absolute Gasteiger partial charge is 0.157 e. The normalized spacial score (nSPS) is 34.0. The lowest BCUT2D eigenvalue weighted by atomic mass is 9.65. The van der Waals surface area contributed by atoms with Crippen molar-refractivity contribution in [2.45, 2.75) is 50.0 Å². The number of benzene rings is 1. The van der Waals surface area contributed by atoms with Crippen molar-refractivity contribution in [1.29, 1.82) is 0 Å². The number of aldehydes is 1. The van der Waals surface area contributed by atoms with Crippen LogP contribution in [0.15, 0.2) is 30.0 Å². The van der Waals surface area contributed by atoms with E-state index in [1.165, 1.54) is 0 Å². The number of nitrogens with zero attached hydrogens (tertiary/aromatic N) is 1. The molecule has 3 aliphatic rings. The molecule has 4 heteroatoms. The van der Waals surface area contributed by atoms with E-state index in [9.17, 15) is 14.7 Å². The first kappa shape index (κ1) is 16.0. The number of aryl methyl sites for hydroxylation is 1. The van der Waals surface area contributed by atoms with E-state index >= 15 is 0 Å². The second kappa shape index (κ2) is 4.37. The van der Waals surface area contributed by atoms with Crippen LogP contribution >= 0.6 is 0 Å². The number of carbonyl (C=O) groups is 2. The number of rotatable bonds is 1. The number of fused-ring (bicyclic) bond motifs is 1. The Kier molecular flexibility index (Phi) is 2.69. The number of ketones is 1. The van der Waals surface area contributed by atoms with Crippen LogP contribution in [0.3, 0.4) is 0 Å². The molecule has 0 amide bonds. The first-order valence-corrected chi connectivity index (χ1v) is 9.22. The summed E-state index contributed by atoms with van der Waals surface area (Å²) < 4.78 is 2.07. The van der Waals surface area contributed by atoms with E-state index in [-0.39, 0.29) is 5.78 Å². The van der Waals surface area contributed by atoms with Crippen molar-refractivity contribution in [3.8, 4) is 0 Å². The number of hydrogen-bond donors (Lipinski definition) is 1. The fourth-order valence-corrected chi connectivity index (χ4v) is 5.88. The lowest BCUT2D eigenvalue weighted by Gasteiger charge is -2.39. The molecule has 0 aliphatic heterocycles. The molecule has 134 valence electrons. The van der Waals surface area contributed by atoms with E-state index in [0.29, 0.717) is 12.8 Å². The van der Waals surface area contributed by atoms with E-state index in [0.717, 1.165) is 39.5 Å². The molecule has 3 atom stereocenters. The van der Waals surface area contributed by atoms with Gasteiger partial charge in [-0.3, -0.25) is 4.79 Å². The highest BCUT2D eigenvalue weighted by atomic mass is 16.3. The van der Waals surface area contributed by atoms with Crippen LogP contribution in [0.5, 0.6) is 0 Å². The van der Waals surface area contributed by atoms with Crippen LogP contribution in [0.2, 0.25) is 0 Å². The summed E-state index contributed by atoms with van der Waals surface area (Å²) in [6, 6.07) is 4.09. The molecule has 1 fully saturated rings. The zero-order valence-electron chi connectivity index (χ0n) is 15.6. The molecule has 0 radical (unpaired) electrons. The third-order valence-corrected chi connectivity index (χ3v) is 7.52. The molecule has 1 N–H and O–H groups in total. The number of Topliss-reactive ketones (excluding diaryl/α,β-unsaturated/α-hetero) is 1. The van der Waals surface area contributed by atoms with Crippen LogP contribution in [0.1, 0.15) is 43.9 Å². The SMILES string of the molecule is CC1=CCc2ccc3c4c(cn3C)C(C)(C)[C@H]3C[C@]1(O)[C@](C=O)(C3=O)c24. The summed E-state index contributed by atoms with van der Waals surface area (Å²) in [6.45, 7) is 6.01. The maximum atomic E-state index is 13.7. The summed E-state index contributed by atoms with van der Waals surface area (Å²) in [4.78, 5) is 26.4. The van der Waals surface area contributed by atoms with Crippen LogP contribution < -0.4 is 0 Å². The minimum absolute atomic E-state index is 0.123. The lowest BCUT2D eigenvalue weighted by Crippen LogP contribution is -2.53. The van der Waals surface area contributed by atoms with Crippen molar-refractivity contribution in [1.82, 2.24) is 4.57 Å². The van der Waals surface area contributed by atoms with E-state index in [4.69, 9.17) is 0 Å². The fourth-order valence-electron chi connectivity index (χ4n) is 5.88. The number of hydrogen-bond acceptors (Lipinski definition) is 3. The summed E-state index contributed by atoms with van der Waals surface area (Å²) in [5.74, 6) is -0.521. The van der Waals surface area contributed by atoms with Crippen molar-refractivity contribution >= 4 is 23.0 Å². The summed E-state index contributed by atoms with van der Waals surface area (Å²) >= 11 is 0. The van der Waals surface area contributed by atoms with E-state index < -0.39 is 22.3 Å². The highest BCUT2D eigenvalue weighted by molar-refractivity contribution is 6.15. The van der Waals surface area contributed by atoms with Gasteiger partial charge in [0.15, 0.2) is 5.78 Å². The van der Waals surface area contributed by atoms with Gasteiger partial charge in [-0.05, 0) is 48.1 Å². The second-order valence-corrected chi connectivity index (χ2v) is 8.87. The lowest BCUT2D eigenvalue weighted by molar-refractivity contribution is -0.135. The Morgan fingerprint density at radius 3 is 2.73 bits per heavy atom. The highest BCUT2D eigenvalue weighted by Gasteiger charge is 2.70.